The summed E-state index contributed by atoms with van der Waals surface area (Å²) in [6.07, 6.45) is -0.529. The molecule has 0 spiro atoms. The van der Waals surface area contributed by atoms with E-state index in [1.165, 1.54) is 0 Å². The number of hydrogen-bond acceptors (Lipinski definition) is 5. The van der Waals surface area contributed by atoms with Crippen molar-refractivity contribution in [3.63, 3.8) is 0 Å². The summed E-state index contributed by atoms with van der Waals surface area (Å²) in [6.45, 7) is 5.23. The van der Waals surface area contributed by atoms with Gasteiger partial charge in [0.2, 0.25) is 11.7 Å². The topological polar surface area (TPSA) is 102 Å². The van der Waals surface area contributed by atoms with Gasteiger partial charge in [-0.05, 0) is 6.92 Å². The van der Waals surface area contributed by atoms with Crippen LogP contribution in [0.4, 0.5) is 0 Å². The third-order valence-electron chi connectivity index (χ3n) is 4.65. The van der Waals surface area contributed by atoms with E-state index in [2.05, 4.69) is 17.1 Å². The fraction of sp³-hybridized carbons (Fsp3) is 0.667. The van der Waals surface area contributed by atoms with E-state index < -0.39 is 28.6 Å². The highest BCUT2D eigenvalue weighted by Crippen LogP contribution is 2.65. The first kappa shape index (κ1) is 11.2. The first-order chi connectivity index (χ1) is 8.39. The van der Waals surface area contributed by atoms with Gasteiger partial charge in [0, 0.05) is 12.8 Å². The Morgan fingerprint density at radius 3 is 2.44 bits per heavy atom. The molecule has 0 aromatic heterocycles. The minimum Gasteiger partial charge on any atom is -0.447 e. The van der Waals surface area contributed by atoms with Crippen molar-refractivity contribution in [3.05, 3.63) is 0 Å². The van der Waals surface area contributed by atoms with Gasteiger partial charge < -0.3 is 9.47 Å². The zero-order chi connectivity index (χ0) is 13.3. The molecule has 6 nitrogen and oxygen atoms in total. The first-order valence-electron chi connectivity index (χ1n) is 5.76. The highest BCUT2D eigenvalue weighted by atomic mass is 16.7. The zero-order valence-corrected chi connectivity index (χ0v) is 10.3. The minimum absolute atomic E-state index is 0.0899. The average molecular weight is 244 g/mol. The monoisotopic (exact) mass is 244 g/mol. The Hall–Kier alpha value is -1.92. The van der Waals surface area contributed by atoms with Crippen molar-refractivity contribution < 1.29 is 9.47 Å². The lowest BCUT2D eigenvalue weighted by atomic mass is 9.52. The van der Waals surface area contributed by atoms with E-state index in [-0.39, 0.29) is 11.7 Å². The fourth-order valence-corrected chi connectivity index (χ4v) is 3.48. The highest BCUT2D eigenvalue weighted by molar-refractivity contribution is 6.12. The van der Waals surface area contributed by atoms with Crippen LogP contribution in [0.1, 0.15) is 20.8 Å². The summed E-state index contributed by atoms with van der Waals surface area (Å²) in [6, 6.07) is 4.31. The molecule has 4 rings (SSSR count). The van der Waals surface area contributed by atoms with Crippen molar-refractivity contribution in [3.8, 4) is 12.1 Å². The molecule has 0 aromatic rings. The third-order valence-corrected chi connectivity index (χ3v) is 4.65. The summed E-state index contributed by atoms with van der Waals surface area (Å²) < 4.78 is 11.4. The smallest absolute Gasteiger partial charge is 0.218 e. The van der Waals surface area contributed by atoms with Gasteiger partial charge >= 0.3 is 0 Å². The lowest BCUT2D eigenvalue weighted by Crippen LogP contribution is -2.72. The van der Waals surface area contributed by atoms with Gasteiger partial charge in [-0.15, -0.1) is 0 Å². The van der Waals surface area contributed by atoms with Gasteiger partial charge in [-0.2, -0.15) is 15.5 Å². The maximum absolute atomic E-state index is 9.63. The van der Waals surface area contributed by atoms with E-state index in [1.54, 1.807) is 20.8 Å². The maximum Gasteiger partial charge on any atom is 0.218 e. The Bertz CT molecular complexity index is 586. The van der Waals surface area contributed by atoms with Crippen molar-refractivity contribution in [2.24, 2.45) is 21.7 Å². The fourth-order valence-electron chi connectivity index (χ4n) is 3.48. The Morgan fingerprint density at radius 2 is 1.89 bits per heavy atom. The Labute approximate surface area is 104 Å². The normalized spacial score (nSPS) is 52.3. The lowest BCUT2D eigenvalue weighted by Gasteiger charge is -2.59. The first-order valence-corrected chi connectivity index (χ1v) is 5.76. The number of nitrogens with one attached hydrogen (secondary N) is 1. The van der Waals surface area contributed by atoms with Crippen molar-refractivity contribution in [1.29, 1.82) is 15.9 Å². The molecule has 4 aliphatic heterocycles. The summed E-state index contributed by atoms with van der Waals surface area (Å²) >= 11 is 0. The third kappa shape index (κ3) is 0.739. The minimum atomic E-state index is -1.30. The molecule has 4 bridgehead atoms. The summed E-state index contributed by atoms with van der Waals surface area (Å²) in [4.78, 5) is 4.02. The Balaban J connectivity index is 2.39. The van der Waals surface area contributed by atoms with Crippen LogP contribution in [0.15, 0.2) is 4.99 Å². The molecule has 6 heteroatoms. The summed E-state index contributed by atoms with van der Waals surface area (Å²) in [7, 11) is 0. The Morgan fingerprint density at radius 1 is 1.28 bits per heavy atom. The predicted octanol–water partition coefficient (Wildman–Crippen LogP) is 1.20. The largest absolute Gasteiger partial charge is 0.447 e. The van der Waals surface area contributed by atoms with Crippen molar-refractivity contribution >= 4 is 11.7 Å². The van der Waals surface area contributed by atoms with E-state index >= 15 is 0 Å². The number of rotatable bonds is 0. The van der Waals surface area contributed by atoms with E-state index in [1.807, 2.05) is 0 Å². The van der Waals surface area contributed by atoms with Crippen LogP contribution in [0, 0.1) is 44.8 Å². The average Bonchev–Trinajstić information content (AvgIpc) is 2.52. The number of aliphatic imine (C=N–C) groups is 1. The summed E-state index contributed by atoms with van der Waals surface area (Å²) in [5.41, 5.74) is -2.57. The number of amidine groups is 1. The van der Waals surface area contributed by atoms with Gasteiger partial charge in [-0.3, -0.25) is 5.41 Å². The standard InChI is InChI=1S/C12H12N4O2/c1-6-10(3)17-7(2)12(5-14)9(18-10)16-8(15)11(6,12)4-13/h6-7,15H,1-3H3. The molecular weight excluding hydrogens is 232 g/mol. The molecule has 4 aliphatic rings. The molecule has 3 saturated heterocycles. The van der Waals surface area contributed by atoms with Crippen LogP contribution in [0.2, 0.25) is 0 Å². The van der Waals surface area contributed by atoms with Gasteiger partial charge in [0.05, 0.1) is 18.2 Å². The van der Waals surface area contributed by atoms with E-state index in [0.29, 0.717) is 0 Å². The van der Waals surface area contributed by atoms with Crippen LogP contribution >= 0.6 is 0 Å². The number of fused-ring (bicyclic) bond motifs is 1. The quantitative estimate of drug-likeness (QED) is 0.691. The molecule has 0 aliphatic carbocycles. The van der Waals surface area contributed by atoms with Gasteiger partial charge in [0.15, 0.2) is 10.8 Å². The van der Waals surface area contributed by atoms with Crippen LogP contribution in [-0.2, 0) is 9.47 Å². The SMILES string of the molecule is CC1OC2(C)OC3=NC(=N)C(C#N)(C2C)C31C#N. The summed E-state index contributed by atoms with van der Waals surface area (Å²) in [5, 5.41) is 27.2. The Kier molecular flexibility index (Phi) is 1.70. The predicted molar refractivity (Wildman–Crippen MR) is 60.5 cm³/mol. The van der Waals surface area contributed by atoms with Crippen molar-refractivity contribution in [2.45, 2.75) is 32.7 Å². The van der Waals surface area contributed by atoms with Crippen molar-refractivity contribution in [2.75, 3.05) is 0 Å². The molecule has 5 unspecified atom stereocenters. The molecule has 3 fully saturated rings. The molecule has 92 valence electrons. The summed E-state index contributed by atoms with van der Waals surface area (Å²) in [5.74, 6) is -1.37. The zero-order valence-electron chi connectivity index (χ0n) is 10.3. The molecule has 4 heterocycles. The van der Waals surface area contributed by atoms with Crippen molar-refractivity contribution in [1.82, 2.24) is 0 Å². The lowest BCUT2D eigenvalue weighted by molar-refractivity contribution is -0.325. The van der Waals surface area contributed by atoms with E-state index in [9.17, 15) is 10.5 Å². The second kappa shape index (κ2) is 2.73. The molecule has 0 radical (unpaired) electrons. The molecule has 0 saturated carbocycles. The van der Waals surface area contributed by atoms with Gasteiger partial charge in [0.25, 0.3) is 0 Å². The number of hydrogen-bond donors (Lipinski definition) is 1. The van der Waals surface area contributed by atoms with E-state index in [4.69, 9.17) is 14.9 Å². The van der Waals surface area contributed by atoms with E-state index in [0.717, 1.165) is 0 Å². The van der Waals surface area contributed by atoms with Gasteiger partial charge in [-0.1, -0.05) is 6.92 Å². The molecule has 0 amide bonds. The molecule has 0 aromatic carbocycles. The van der Waals surface area contributed by atoms with Crippen LogP contribution in [0.5, 0.6) is 0 Å². The van der Waals surface area contributed by atoms with Gasteiger partial charge in [0.1, 0.15) is 5.84 Å². The molecule has 1 N–H and O–H groups in total. The number of nitriles is 2. The maximum atomic E-state index is 9.63. The highest BCUT2D eigenvalue weighted by Gasteiger charge is 2.80. The van der Waals surface area contributed by atoms with Gasteiger partial charge in [-0.25, -0.2) is 0 Å². The number of nitrogens with zero attached hydrogens (tertiary/aromatic N) is 3. The molecular formula is C12H12N4O2. The van der Waals surface area contributed by atoms with Crippen LogP contribution in [-0.4, -0.2) is 23.6 Å². The number of ether oxygens (including phenoxy) is 2. The second-order valence-electron chi connectivity index (χ2n) is 5.20. The van der Waals surface area contributed by atoms with Crippen LogP contribution in [0.3, 0.4) is 0 Å². The molecule has 18 heavy (non-hydrogen) atoms. The van der Waals surface area contributed by atoms with Crippen LogP contribution in [0.25, 0.3) is 0 Å². The van der Waals surface area contributed by atoms with Crippen LogP contribution < -0.4 is 0 Å². The second-order valence-corrected chi connectivity index (χ2v) is 5.20. The molecule has 5 atom stereocenters.